The molecule has 7 heteroatoms. The Bertz CT molecular complexity index is 421. The number of thioether (sulfide) groups is 1. The minimum absolute atomic E-state index is 0.228. The number of aromatic nitrogens is 2. The maximum atomic E-state index is 11.2. The molecule has 6 nitrogen and oxygen atoms in total. The first-order valence-corrected chi connectivity index (χ1v) is 6.55. The Labute approximate surface area is 103 Å². The molecule has 0 aromatic carbocycles. The van der Waals surface area contributed by atoms with Gasteiger partial charge in [-0.2, -0.15) is 0 Å². The molecule has 1 aromatic rings. The number of nitrogens with zero attached hydrogens (tertiary/aromatic N) is 3. The smallest absolute Gasteiger partial charge is 0.339 e. The van der Waals surface area contributed by atoms with E-state index < -0.39 is 5.97 Å². The van der Waals surface area contributed by atoms with Crippen LogP contribution in [0, 0.1) is 0 Å². The van der Waals surface area contributed by atoms with Gasteiger partial charge in [-0.25, -0.2) is 4.79 Å². The van der Waals surface area contributed by atoms with Crippen LogP contribution >= 0.6 is 11.8 Å². The average Bonchev–Trinajstić information content (AvgIpc) is 2.39. The number of rotatable bonds is 3. The number of aromatic carboxylic acids is 1. The molecule has 0 spiro atoms. The van der Waals surface area contributed by atoms with Gasteiger partial charge in [-0.05, 0) is 12.3 Å². The van der Waals surface area contributed by atoms with Gasteiger partial charge < -0.3 is 15.3 Å². The predicted octanol–water partition coefficient (Wildman–Crippen LogP) is 0.306. The summed E-state index contributed by atoms with van der Waals surface area (Å²) in [5.41, 5.74) is 0.228. The highest BCUT2D eigenvalue weighted by Crippen LogP contribution is 2.21. The molecular weight excluding hydrogens is 240 g/mol. The monoisotopic (exact) mass is 254 g/mol. The van der Waals surface area contributed by atoms with Gasteiger partial charge in [-0.15, -0.1) is 22.0 Å². The Morgan fingerprint density at radius 3 is 2.76 bits per heavy atom. The number of carboxylic acids is 1. The van der Waals surface area contributed by atoms with Crippen LogP contribution in [0.25, 0.3) is 0 Å². The molecule has 0 amide bonds. The summed E-state index contributed by atoms with van der Waals surface area (Å²) in [7, 11) is 0. The van der Waals surface area contributed by atoms with Crippen LogP contribution in [0.5, 0.6) is 0 Å². The molecule has 1 fully saturated rings. The van der Waals surface area contributed by atoms with Crippen LogP contribution in [-0.2, 0) is 0 Å². The lowest BCUT2D eigenvalue weighted by molar-refractivity contribution is 0.0696. The molecule has 1 aliphatic rings. The molecule has 92 valence electrons. The fourth-order valence-corrected chi connectivity index (χ4v) is 2.09. The third-order valence-electron chi connectivity index (χ3n) is 2.61. The molecule has 1 aromatic heterocycles. The van der Waals surface area contributed by atoms with Crippen LogP contribution in [0.2, 0.25) is 0 Å². The number of carbonyl (C=O) groups is 1. The Hall–Kier alpha value is -1.34. The van der Waals surface area contributed by atoms with E-state index in [1.807, 2.05) is 11.2 Å². The number of anilines is 1. The van der Waals surface area contributed by atoms with Gasteiger partial charge >= 0.3 is 5.97 Å². The second-order valence-corrected chi connectivity index (χ2v) is 4.49. The quantitative estimate of drug-likeness (QED) is 0.751. The number of piperazine rings is 1. The molecule has 0 radical (unpaired) electrons. The van der Waals surface area contributed by atoms with Gasteiger partial charge in [0, 0.05) is 26.2 Å². The van der Waals surface area contributed by atoms with Crippen LogP contribution in [0.1, 0.15) is 10.4 Å². The lowest BCUT2D eigenvalue weighted by Gasteiger charge is -2.28. The Morgan fingerprint density at radius 2 is 2.18 bits per heavy atom. The van der Waals surface area contributed by atoms with Crippen LogP contribution in [0.4, 0.5) is 5.82 Å². The van der Waals surface area contributed by atoms with Crippen molar-refractivity contribution in [1.29, 1.82) is 0 Å². The maximum Gasteiger partial charge on any atom is 0.339 e. The summed E-state index contributed by atoms with van der Waals surface area (Å²) < 4.78 is 0. The van der Waals surface area contributed by atoms with E-state index in [-0.39, 0.29) is 5.56 Å². The Kier molecular flexibility index (Phi) is 3.80. The van der Waals surface area contributed by atoms with E-state index in [0.29, 0.717) is 10.8 Å². The number of nitrogens with one attached hydrogen (secondary N) is 1. The summed E-state index contributed by atoms with van der Waals surface area (Å²) in [5.74, 6) is -0.486. The first-order valence-electron chi connectivity index (χ1n) is 5.33. The van der Waals surface area contributed by atoms with Gasteiger partial charge in [0.15, 0.2) is 5.82 Å². The highest BCUT2D eigenvalue weighted by molar-refractivity contribution is 7.98. The van der Waals surface area contributed by atoms with Crippen LogP contribution in [0.3, 0.4) is 0 Å². The van der Waals surface area contributed by atoms with Crippen molar-refractivity contribution in [3.8, 4) is 0 Å². The average molecular weight is 254 g/mol. The van der Waals surface area contributed by atoms with Crippen molar-refractivity contribution < 1.29 is 9.90 Å². The molecule has 2 rings (SSSR count). The highest BCUT2D eigenvalue weighted by atomic mass is 32.2. The highest BCUT2D eigenvalue weighted by Gasteiger charge is 2.20. The van der Waals surface area contributed by atoms with E-state index in [2.05, 4.69) is 15.5 Å². The summed E-state index contributed by atoms with van der Waals surface area (Å²) in [6, 6.07) is 1.58. The van der Waals surface area contributed by atoms with E-state index >= 15 is 0 Å². The van der Waals surface area contributed by atoms with Gasteiger partial charge in [0.1, 0.15) is 10.6 Å². The molecule has 1 saturated heterocycles. The molecule has 0 unspecified atom stereocenters. The van der Waals surface area contributed by atoms with Crippen molar-refractivity contribution in [1.82, 2.24) is 15.5 Å². The molecular formula is C10H14N4O2S. The van der Waals surface area contributed by atoms with E-state index in [1.165, 1.54) is 11.8 Å². The van der Waals surface area contributed by atoms with Crippen molar-refractivity contribution in [3.63, 3.8) is 0 Å². The summed E-state index contributed by atoms with van der Waals surface area (Å²) in [4.78, 5) is 13.2. The molecule has 0 saturated carbocycles. The molecule has 2 heterocycles. The number of hydrogen-bond donors (Lipinski definition) is 2. The molecule has 1 aliphatic heterocycles. The second-order valence-electron chi connectivity index (χ2n) is 3.67. The fraction of sp³-hybridized carbons (Fsp3) is 0.500. The van der Waals surface area contributed by atoms with Gasteiger partial charge in [-0.3, -0.25) is 0 Å². The van der Waals surface area contributed by atoms with Gasteiger partial charge in [-0.1, -0.05) is 0 Å². The first kappa shape index (κ1) is 12.1. The van der Waals surface area contributed by atoms with Crippen molar-refractivity contribution >= 4 is 23.5 Å². The zero-order valence-electron chi connectivity index (χ0n) is 9.51. The predicted molar refractivity (Wildman–Crippen MR) is 65.9 cm³/mol. The maximum absolute atomic E-state index is 11.2. The largest absolute Gasteiger partial charge is 0.478 e. The Morgan fingerprint density at radius 1 is 1.47 bits per heavy atom. The zero-order valence-corrected chi connectivity index (χ0v) is 10.3. The van der Waals surface area contributed by atoms with Crippen molar-refractivity contribution in [2.75, 3.05) is 37.3 Å². The Balaban J connectivity index is 2.34. The molecule has 0 bridgehead atoms. The number of hydrogen-bond acceptors (Lipinski definition) is 6. The minimum atomic E-state index is -0.955. The zero-order chi connectivity index (χ0) is 12.3. The third-order valence-corrected chi connectivity index (χ3v) is 3.23. The van der Waals surface area contributed by atoms with Crippen LogP contribution in [-0.4, -0.2) is 53.7 Å². The summed E-state index contributed by atoms with van der Waals surface area (Å²) >= 11 is 1.39. The molecule has 0 aliphatic carbocycles. The van der Waals surface area contributed by atoms with E-state index in [0.717, 1.165) is 26.2 Å². The second kappa shape index (κ2) is 5.33. The first-order chi connectivity index (χ1) is 8.22. The number of carboxylic acid groups (broad SMARTS) is 1. The van der Waals surface area contributed by atoms with E-state index in [9.17, 15) is 9.90 Å². The van der Waals surface area contributed by atoms with Crippen LogP contribution < -0.4 is 10.2 Å². The van der Waals surface area contributed by atoms with Gasteiger partial charge in [0.05, 0.1) is 0 Å². The van der Waals surface area contributed by atoms with E-state index in [4.69, 9.17) is 0 Å². The van der Waals surface area contributed by atoms with Crippen LogP contribution in [0.15, 0.2) is 11.1 Å². The molecule has 0 atom stereocenters. The SMILES string of the molecule is CSc1cc(C(=O)O)c(N2CCNCC2)nn1. The lowest BCUT2D eigenvalue weighted by Crippen LogP contribution is -2.44. The molecule has 2 N–H and O–H groups in total. The van der Waals surface area contributed by atoms with Gasteiger partial charge in [0.2, 0.25) is 0 Å². The van der Waals surface area contributed by atoms with Crippen molar-refractivity contribution in [2.24, 2.45) is 0 Å². The third kappa shape index (κ3) is 2.67. The normalized spacial score (nSPS) is 15.9. The summed E-state index contributed by atoms with van der Waals surface area (Å²) in [6.45, 7) is 3.19. The van der Waals surface area contributed by atoms with Gasteiger partial charge in [0.25, 0.3) is 0 Å². The summed E-state index contributed by atoms with van der Waals surface area (Å²) in [6.07, 6.45) is 1.85. The topological polar surface area (TPSA) is 78.4 Å². The fourth-order valence-electron chi connectivity index (χ4n) is 1.73. The standard InChI is InChI=1S/C10H14N4O2S/c1-17-8-6-7(10(15)16)9(13-12-8)14-4-2-11-3-5-14/h6,11H,2-5H2,1H3,(H,15,16). The van der Waals surface area contributed by atoms with E-state index in [1.54, 1.807) is 6.07 Å². The molecule has 17 heavy (non-hydrogen) atoms. The van der Waals surface area contributed by atoms with Crippen molar-refractivity contribution in [2.45, 2.75) is 5.03 Å². The van der Waals surface area contributed by atoms with Crippen molar-refractivity contribution in [3.05, 3.63) is 11.6 Å². The summed E-state index contributed by atoms with van der Waals surface area (Å²) in [5, 5.41) is 21.1. The lowest BCUT2D eigenvalue weighted by atomic mass is 10.2. The minimum Gasteiger partial charge on any atom is -0.478 e.